The van der Waals surface area contributed by atoms with E-state index in [-0.39, 0.29) is 5.69 Å². The van der Waals surface area contributed by atoms with Crippen LogP contribution in [-0.2, 0) is 20.5 Å². The second kappa shape index (κ2) is 4.75. The quantitative estimate of drug-likeness (QED) is 0.801. The van der Waals surface area contributed by atoms with Gasteiger partial charge in [0.2, 0.25) is 0 Å². The van der Waals surface area contributed by atoms with E-state index in [2.05, 4.69) is 24.4 Å². The van der Waals surface area contributed by atoms with E-state index in [1.807, 2.05) is 20.2 Å². The summed E-state index contributed by atoms with van der Waals surface area (Å²) in [6.45, 7) is 4.07. The van der Waals surface area contributed by atoms with Gasteiger partial charge in [-0.3, -0.25) is 9.13 Å². The summed E-state index contributed by atoms with van der Waals surface area (Å²) < 4.78 is 3.38. The standard InChI is InChI=1S/C13H19N3O/c1-4-14-8-7-10-5-6-11-12(9-10)16(3)13(17)15(11)2/h5-6,9,14H,4,7-8H2,1-3H3. The van der Waals surface area contributed by atoms with E-state index >= 15 is 0 Å². The van der Waals surface area contributed by atoms with Crippen LogP contribution in [0.15, 0.2) is 23.0 Å². The Labute approximate surface area is 101 Å². The van der Waals surface area contributed by atoms with Gasteiger partial charge in [-0.1, -0.05) is 13.0 Å². The van der Waals surface area contributed by atoms with Crippen LogP contribution in [-0.4, -0.2) is 22.2 Å². The van der Waals surface area contributed by atoms with Crippen molar-refractivity contribution >= 4 is 11.0 Å². The average Bonchev–Trinajstić information content (AvgIpc) is 2.55. The van der Waals surface area contributed by atoms with E-state index in [1.165, 1.54) is 5.56 Å². The van der Waals surface area contributed by atoms with E-state index < -0.39 is 0 Å². The molecule has 0 amide bonds. The molecule has 4 heteroatoms. The summed E-state index contributed by atoms with van der Waals surface area (Å²) in [6, 6.07) is 6.23. The lowest BCUT2D eigenvalue weighted by atomic mass is 10.1. The number of benzene rings is 1. The summed E-state index contributed by atoms with van der Waals surface area (Å²) in [5.74, 6) is 0. The van der Waals surface area contributed by atoms with Crippen molar-refractivity contribution in [2.45, 2.75) is 13.3 Å². The molecule has 0 aliphatic rings. The zero-order valence-electron chi connectivity index (χ0n) is 10.7. The number of aryl methyl sites for hydroxylation is 2. The molecule has 0 unspecified atom stereocenters. The smallest absolute Gasteiger partial charge is 0.317 e. The SMILES string of the molecule is CCNCCc1ccc2c(c1)n(C)c(=O)n2C. The van der Waals surface area contributed by atoms with Gasteiger partial charge in [0.15, 0.2) is 0 Å². The lowest BCUT2D eigenvalue weighted by molar-refractivity contribution is 0.717. The van der Waals surface area contributed by atoms with Gasteiger partial charge < -0.3 is 5.32 Å². The third-order valence-electron chi connectivity index (χ3n) is 3.18. The van der Waals surface area contributed by atoms with E-state index in [9.17, 15) is 4.79 Å². The van der Waals surface area contributed by atoms with E-state index in [4.69, 9.17) is 0 Å². The second-order valence-electron chi connectivity index (χ2n) is 4.33. The van der Waals surface area contributed by atoms with Crippen molar-refractivity contribution in [3.8, 4) is 0 Å². The minimum Gasteiger partial charge on any atom is -0.317 e. The van der Waals surface area contributed by atoms with Gasteiger partial charge >= 0.3 is 5.69 Å². The van der Waals surface area contributed by atoms with Crippen molar-refractivity contribution in [3.63, 3.8) is 0 Å². The fourth-order valence-electron chi connectivity index (χ4n) is 2.12. The largest absolute Gasteiger partial charge is 0.328 e. The molecule has 0 aliphatic carbocycles. The van der Waals surface area contributed by atoms with Crippen molar-refractivity contribution in [2.24, 2.45) is 14.1 Å². The minimum absolute atomic E-state index is 0.0313. The molecular formula is C13H19N3O. The molecule has 0 fully saturated rings. The molecule has 0 spiro atoms. The summed E-state index contributed by atoms with van der Waals surface area (Å²) in [5.41, 5.74) is 3.29. The van der Waals surface area contributed by atoms with Crippen LogP contribution in [0.25, 0.3) is 11.0 Å². The normalized spacial score (nSPS) is 11.2. The highest BCUT2D eigenvalue weighted by atomic mass is 16.1. The first kappa shape index (κ1) is 11.9. The number of nitrogens with zero attached hydrogens (tertiary/aromatic N) is 2. The molecule has 1 aromatic carbocycles. The topological polar surface area (TPSA) is 39.0 Å². The first-order valence-corrected chi connectivity index (χ1v) is 6.00. The number of fused-ring (bicyclic) bond motifs is 1. The first-order chi connectivity index (χ1) is 8.15. The van der Waals surface area contributed by atoms with Crippen molar-refractivity contribution < 1.29 is 0 Å². The van der Waals surface area contributed by atoms with Gasteiger partial charge in [0.1, 0.15) is 0 Å². The van der Waals surface area contributed by atoms with Gasteiger partial charge in [0.05, 0.1) is 11.0 Å². The third kappa shape index (κ3) is 2.13. The zero-order chi connectivity index (χ0) is 12.4. The second-order valence-corrected chi connectivity index (χ2v) is 4.33. The molecule has 0 radical (unpaired) electrons. The van der Waals surface area contributed by atoms with Gasteiger partial charge in [-0.2, -0.15) is 0 Å². The summed E-state index contributed by atoms with van der Waals surface area (Å²) >= 11 is 0. The molecule has 4 nitrogen and oxygen atoms in total. The number of aromatic nitrogens is 2. The maximum atomic E-state index is 11.8. The summed E-state index contributed by atoms with van der Waals surface area (Å²) in [7, 11) is 3.63. The molecule has 0 saturated carbocycles. The van der Waals surface area contributed by atoms with Crippen molar-refractivity contribution in [3.05, 3.63) is 34.2 Å². The van der Waals surface area contributed by atoms with E-state index in [0.29, 0.717) is 0 Å². The van der Waals surface area contributed by atoms with Crippen molar-refractivity contribution in [1.29, 1.82) is 0 Å². The average molecular weight is 233 g/mol. The fourth-order valence-corrected chi connectivity index (χ4v) is 2.12. The lowest BCUT2D eigenvalue weighted by Gasteiger charge is -2.03. The molecular weight excluding hydrogens is 214 g/mol. The van der Waals surface area contributed by atoms with Crippen LogP contribution in [0.5, 0.6) is 0 Å². The molecule has 0 bridgehead atoms. The Morgan fingerprint density at radius 1 is 1.18 bits per heavy atom. The Morgan fingerprint density at radius 3 is 2.59 bits per heavy atom. The molecule has 2 rings (SSSR count). The summed E-state index contributed by atoms with van der Waals surface area (Å²) in [6.07, 6.45) is 0.993. The van der Waals surface area contributed by atoms with Gasteiger partial charge in [0, 0.05) is 14.1 Å². The van der Waals surface area contributed by atoms with Gasteiger partial charge in [0.25, 0.3) is 0 Å². The highest BCUT2D eigenvalue weighted by Crippen LogP contribution is 2.14. The van der Waals surface area contributed by atoms with Crippen LogP contribution in [0, 0.1) is 0 Å². The van der Waals surface area contributed by atoms with Crippen LogP contribution < -0.4 is 11.0 Å². The van der Waals surface area contributed by atoms with Crippen molar-refractivity contribution in [1.82, 2.24) is 14.5 Å². The number of imidazole rings is 1. The molecule has 17 heavy (non-hydrogen) atoms. The first-order valence-electron chi connectivity index (χ1n) is 6.00. The number of hydrogen-bond donors (Lipinski definition) is 1. The monoisotopic (exact) mass is 233 g/mol. The van der Waals surface area contributed by atoms with Crippen LogP contribution in [0.1, 0.15) is 12.5 Å². The Bertz CT molecular complexity index is 580. The molecule has 1 heterocycles. The maximum Gasteiger partial charge on any atom is 0.328 e. The number of hydrogen-bond acceptors (Lipinski definition) is 2. The van der Waals surface area contributed by atoms with Crippen LogP contribution in [0.4, 0.5) is 0 Å². The zero-order valence-corrected chi connectivity index (χ0v) is 10.7. The lowest BCUT2D eigenvalue weighted by Crippen LogP contribution is -2.19. The molecule has 1 N–H and O–H groups in total. The Balaban J connectivity index is 2.37. The van der Waals surface area contributed by atoms with Crippen molar-refractivity contribution in [2.75, 3.05) is 13.1 Å². The Hall–Kier alpha value is -1.55. The van der Waals surface area contributed by atoms with E-state index in [0.717, 1.165) is 30.5 Å². The predicted octanol–water partition coefficient (Wildman–Crippen LogP) is 1.03. The number of rotatable bonds is 4. The summed E-state index contributed by atoms with van der Waals surface area (Å²) in [4.78, 5) is 11.8. The van der Waals surface area contributed by atoms with Gasteiger partial charge in [-0.05, 0) is 37.2 Å². The molecule has 0 aliphatic heterocycles. The minimum atomic E-state index is 0.0313. The molecule has 0 atom stereocenters. The van der Waals surface area contributed by atoms with Gasteiger partial charge in [-0.15, -0.1) is 0 Å². The van der Waals surface area contributed by atoms with E-state index in [1.54, 1.807) is 9.13 Å². The Morgan fingerprint density at radius 2 is 1.88 bits per heavy atom. The predicted molar refractivity (Wildman–Crippen MR) is 70.4 cm³/mol. The highest BCUT2D eigenvalue weighted by molar-refractivity contribution is 5.76. The van der Waals surface area contributed by atoms with Crippen LogP contribution >= 0.6 is 0 Å². The molecule has 0 saturated heterocycles. The number of nitrogens with one attached hydrogen (secondary N) is 1. The molecule has 1 aromatic heterocycles. The molecule has 92 valence electrons. The molecule has 2 aromatic rings. The van der Waals surface area contributed by atoms with Crippen LogP contribution in [0.3, 0.4) is 0 Å². The maximum absolute atomic E-state index is 11.8. The highest BCUT2D eigenvalue weighted by Gasteiger charge is 2.07. The number of likely N-dealkylation sites (N-methyl/N-ethyl adjacent to an activating group) is 1. The van der Waals surface area contributed by atoms with Crippen LogP contribution in [0.2, 0.25) is 0 Å². The van der Waals surface area contributed by atoms with Gasteiger partial charge in [-0.25, -0.2) is 4.79 Å². The third-order valence-corrected chi connectivity index (χ3v) is 3.18. The Kier molecular flexibility index (Phi) is 3.33. The fraction of sp³-hybridized carbons (Fsp3) is 0.462. The summed E-state index contributed by atoms with van der Waals surface area (Å²) in [5, 5.41) is 3.30.